The number of amides is 1. The van der Waals surface area contributed by atoms with Gasteiger partial charge in [-0.05, 0) is 42.7 Å². The number of nitrogens with one attached hydrogen (secondary N) is 1. The molecule has 0 saturated carbocycles. The van der Waals surface area contributed by atoms with Crippen molar-refractivity contribution >= 4 is 16.7 Å². The first-order valence-electron chi connectivity index (χ1n) is 8.25. The van der Waals surface area contributed by atoms with Gasteiger partial charge in [-0.25, -0.2) is 0 Å². The molecule has 2 rings (SSSR count). The Bertz CT molecular complexity index is 627. The van der Waals surface area contributed by atoms with Crippen molar-refractivity contribution in [1.29, 1.82) is 0 Å². The van der Waals surface area contributed by atoms with E-state index in [1.54, 1.807) is 0 Å². The zero-order valence-electron chi connectivity index (χ0n) is 13.9. The van der Waals surface area contributed by atoms with Gasteiger partial charge in [0.25, 0.3) is 5.91 Å². The summed E-state index contributed by atoms with van der Waals surface area (Å²) in [6.45, 7) is 5.89. The lowest BCUT2D eigenvalue weighted by Gasteiger charge is -2.17. The fourth-order valence-electron chi connectivity index (χ4n) is 2.37. The van der Waals surface area contributed by atoms with Crippen LogP contribution in [0.1, 0.15) is 26.7 Å². The maximum absolute atomic E-state index is 12.2. The molecule has 0 aliphatic rings. The second-order valence-electron chi connectivity index (χ2n) is 5.37. The molecule has 0 radical (unpaired) electrons. The van der Waals surface area contributed by atoms with Gasteiger partial charge < -0.3 is 14.8 Å². The van der Waals surface area contributed by atoms with Crippen molar-refractivity contribution in [3.05, 3.63) is 42.5 Å². The van der Waals surface area contributed by atoms with Crippen LogP contribution in [-0.2, 0) is 9.53 Å². The molecule has 0 spiro atoms. The van der Waals surface area contributed by atoms with Crippen molar-refractivity contribution in [2.24, 2.45) is 0 Å². The molecule has 1 atom stereocenters. The van der Waals surface area contributed by atoms with E-state index < -0.39 is 6.10 Å². The molecule has 0 aromatic heterocycles. The molecule has 0 saturated heterocycles. The van der Waals surface area contributed by atoms with Crippen LogP contribution in [-0.4, -0.2) is 31.8 Å². The monoisotopic (exact) mass is 315 g/mol. The first-order valence-corrected chi connectivity index (χ1v) is 8.25. The third kappa shape index (κ3) is 5.25. The Hall–Kier alpha value is -2.07. The van der Waals surface area contributed by atoms with Crippen LogP contribution < -0.4 is 10.1 Å². The van der Waals surface area contributed by atoms with E-state index in [0.29, 0.717) is 26.2 Å². The Labute approximate surface area is 137 Å². The van der Waals surface area contributed by atoms with E-state index in [4.69, 9.17) is 9.47 Å². The molecule has 1 amide bonds. The van der Waals surface area contributed by atoms with Gasteiger partial charge in [0.1, 0.15) is 5.75 Å². The minimum atomic E-state index is -0.469. The topological polar surface area (TPSA) is 47.6 Å². The second-order valence-corrected chi connectivity index (χ2v) is 5.37. The molecule has 1 N–H and O–H groups in total. The number of hydrogen-bond acceptors (Lipinski definition) is 3. The first kappa shape index (κ1) is 17.3. The van der Waals surface area contributed by atoms with Gasteiger partial charge in [0.15, 0.2) is 6.10 Å². The molecule has 23 heavy (non-hydrogen) atoms. The maximum atomic E-state index is 12.2. The number of hydrogen-bond donors (Lipinski definition) is 1. The summed E-state index contributed by atoms with van der Waals surface area (Å²) in [7, 11) is 0. The number of rotatable bonds is 9. The third-order valence-electron chi connectivity index (χ3n) is 3.63. The van der Waals surface area contributed by atoms with Crippen LogP contribution >= 0.6 is 0 Å². The summed E-state index contributed by atoms with van der Waals surface area (Å²) >= 11 is 0. The molecule has 124 valence electrons. The summed E-state index contributed by atoms with van der Waals surface area (Å²) in [4.78, 5) is 12.2. The quantitative estimate of drug-likeness (QED) is 0.720. The Balaban J connectivity index is 1.90. The fourth-order valence-corrected chi connectivity index (χ4v) is 2.37. The highest BCUT2D eigenvalue weighted by molar-refractivity contribution is 5.84. The molecular weight excluding hydrogens is 290 g/mol. The third-order valence-corrected chi connectivity index (χ3v) is 3.63. The molecule has 0 aliphatic carbocycles. The van der Waals surface area contributed by atoms with Crippen LogP contribution in [0.4, 0.5) is 0 Å². The van der Waals surface area contributed by atoms with Gasteiger partial charge in [0.05, 0.1) is 0 Å². The standard InChI is InChI=1S/C19H25NO3/c1-3-18(19(21)20-12-7-13-22-4-2)23-17-11-10-15-8-5-6-9-16(15)14-17/h5-6,8-11,14,18H,3-4,7,12-13H2,1-2H3,(H,20,21)/t18-/m0/s1. The van der Waals surface area contributed by atoms with Crippen molar-refractivity contribution in [3.8, 4) is 5.75 Å². The van der Waals surface area contributed by atoms with Crippen molar-refractivity contribution in [1.82, 2.24) is 5.32 Å². The smallest absolute Gasteiger partial charge is 0.261 e. The molecule has 0 fully saturated rings. The van der Waals surface area contributed by atoms with Crippen molar-refractivity contribution in [3.63, 3.8) is 0 Å². The molecule has 0 heterocycles. The molecule has 4 nitrogen and oxygen atoms in total. The number of carbonyl (C=O) groups is 1. The molecule has 0 bridgehead atoms. The number of fused-ring (bicyclic) bond motifs is 1. The molecular formula is C19H25NO3. The average molecular weight is 315 g/mol. The van der Waals surface area contributed by atoms with Gasteiger partial charge in [-0.15, -0.1) is 0 Å². The number of ether oxygens (including phenoxy) is 2. The normalized spacial score (nSPS) is 12.1. The number of benzene rings is 2. The van der Waals surface area contributed by atoms with Crippen molar-refractivity contribution < 1.29 is 14.3 Å². The maximum Gasteiger partial charge on any atom is 0.261 e. The summed E-state index contributed by atoms with van der Waals surface area (Å²) in [5.74, 6) is 0.650. The Morgan fingerprint density at radius 2 is 1.91 bits per heavy atom. The Morgan fingerprint density at radius 1 is 1.13 bits per heavy atom. The molecule has 2 aromatic carbocycles. The fraction of sp³-hybridized carbons (Fsp3) is 0.421. The van der Waals surface area contributed by atoms with Crippen LogP contribution in [0.2, 0.25) is 0 Å². The molecule has 2 aromatic rings. The van der Waals surface area contributed by atoms with E-state index in [-0.39, 0.29) is 5.91 Å². The molecule has 0 unspecified atom stereocenters. The predicted octanol–water partition coefficient (Wildman–Crippen LogP) is 3.54. The summed E-state index contributed by atoms with van der Waals surface area (Å²) in [5.41, 5.74) is 0. The zero-order chi connectivity index (χ0) is 16.5. The van der Waals surface area contributed by atoms with E-state index in [1.165, 1.54) is 0 Å². The Morgan fingerprint density at radius 3 is 2.65 bits per heavy atom. The van der Waals surface area contributed by atoms with Crippen molar-refractivity contribution in [2.45, 2.75) is 32.8 Å². The van der Waals surface area contributed by atoms with Crippen LogP contribution in [0.3, 0.4) is 0 Å². The van der Waals surface area contributed by atoms with E-state index in [0.717, 1.165) is 22.9 Å². The van der Waals surface area contributed by atoms with Crippen LogP contribution in [0.5, 0.6) is 5.75 Å². The minimum absolute atomic E-state index is 0.0721. The summed E-state index contributed by atoms with van der Waals surface area (Å²) in [6, 6.07) is 14.0. The second kappa shape index (κ2) is 9.16. The van der Waals surface area contributed by atoms with Crippen LogP contribution in [0.25, 0.3) is 10.8 Å². The van der Waals surface area contributed by atoms with Gasteiger partial charge in [-0.2, -0.15) is 0 Å². The first-order chi connectivity index (χ1) is 11.2. The molecule has 4 heteroatoms. The average Bonchev–Trinajstić information content (AvgIpc) is 2.59. The lowest BCUT2D eigenvalue weighted by atomic mass is 10.1. The van der Waals surface area contributed by atoms with E-state index in [2.05, 4.69) is 11.4 Å². The van der Waals surface area contributed by atoms with Gasteiger partial charge in [-0.3, -0.25) is 4.79 Å². The zero-order valence-corrected chi connectivity index (χ0v) is 13.9. The SMILES string of the molecule is CCOCCCNC(=O)[C@H](CC)Oc1ccc2ccccc2c1. The number of carbonyl (C=O) groups excluding carboxylic acids is 1. The van der Waals surface area contributed by atoms with Gasteiger partial charge in [-0.1, -0.05) is 37.3 Å². The summed E-state index contributed by atoms with van der Waals surface area (Å²) in [6.07, 6.45) is 0.971. The van der Waals surface area contributed by atoms with Gasteiger partial charge >= 0.3 is 0 Å². The largest absolute Gasteiger partial charge is 0.481 e. The molecule has 0 aliphatic heterocycles. The van der Waals surface area contributed by atoms with Gasteiger partial charge in [0, 0.05) is 19.8 Å². The minimum Gasteiger partial charge on any atom is -0.481 e. The van der Waals surface area contributed by atoms with Crippen LogP contribution in [0, 0.1) is 0 Å². The Kier molecular flexibility index (Phi) is 6.88. The lowest BCUT2D eigenvalue weighted by molar-refractivity contribution is -0.128. The summed E-state index contributed by atoms with van der Waals surface area (Å²) < 4.78 is 11.1. The highest BCUT2D eigenvalue weighted by Crippen LogP contribution is 2.22. The van der Waals surface area contributed by atoms with Crippen LogP contribution in [0.15, 0.2) is 42.5 Å². The predicted molar refractivity (Wildman–Crippen MR) is 92.8 cm³/mol. The lowest BCUT2D eigenvalue weighted by Crippen LogP contribution is -2.38. The van der Waals surface area contributed by atoms with E-state index >= 15 is 0 Å². The van der Waals surface area contributed by atoms with E-state index in [9.17, 15) is 4.79 Å². The highest BCUT2D eigenvalue weighted by atomic mass is 16.5. The van der Waals surface area contributed by atoms with E-state index in [1.807, 2.05) is 50.2 Å². The van der Waals surface area contributed by atoms with Crippen molar-refractivity contribution in [2.75, 3.05) is 19.8 Å². The summed E-state index contributed by atoms with van der Waals surface area (Å²) in [5, 5.41) is 5.17. The highest BCUT2D eigenvalue weighted by Gasteiger charge is 2.17. The van der Waals surface area contributed by atoms with Gasteiger partial charge in [0.2, 0.25) is 0 Å².